The third-order valence-corrected chi connectivity index (χ3v) is 16.2. The number of carbonyl (C=O) groups is 1. The van der Waals surface area contributed by atoms with Crippen LogP contribution in [-0.2, 0) is 9.53 Å². The fourth-order valence-corrected chi connectivity index (χ4v) is 14.3. The first-order valence-electron chi connectivity index (χ1n) is 18.8. The molecule has 0 radical (unpaired) electrons. The predicted molar refractivity (Wildman–Crippen MR) is 180 cm³/mol. The molecular formula is C40H56O9. The molecule has 6 fully saturated rings. The zero-order chi connectivity index (χ0) is 35.3. The average molecular weight is 681 g/mol. The summed E-state index contributed by atoms with van der Waals surface area (Å²) in [7, 11) is 0. The van der Waals surface area contributed by atoms with Crippen molar-refractivity contribution >= 4 is 5.78 Å². The van der Waals surface area contributed by atoms with E-state index in [1.165, 1.54) is 18.2 Å². The van der Waals surface area contributed by atoms with Gasteiger partial charge in [0.2, 0.25) is 0 Å². The van der Waals surface area contributed by atoms with Gasteiger partial charge in [0.1, 0.15) is 17.1 Å². The molecule has 5 saturated carbocycles. The number of fused-ring (bicyclic) bond motifs is 8. The largest absolute Gasteiger partial charge is 0.508 e. The number of phenols is 2. The number of phenolic OH excluding ortho intramolecular Hbond substituents is 2. The van der Waals surface area contributed by atoms with E-state index < -0.39 is 69.8 Å². The van der Waals surface area contributed by atoms with Crippen LogP contribution in [0.15, 0.2) is 29.8 Å². The zero-order valence-electron chi connectivity index (χ0n) is 29.6. The van der Waals surface area contributed by atoms with Crippen LogP contribution in [-0.4, -0.2) is 82.7 Å². The molecule has 7 aliphatic rings. The highest BCUT2D eigenvalue weighted by Gasteiger charge is 2.81. The summed E-state index contributed by atoms with van der Waals surface area (Å²) in [5.74, 6) is -2.84. The number of aromatic hydroxyl groups is 2. The van der Waals surface area contributed by atoms with Crippen LogP contribution in [0, 0.1) is 45.8 Å². The molecule has 1 aromatic carbocycles. The molecule has 0 amide bonds. The first-order chi connectivity index (χ1) is 22.9. The first-order valence-corrected chi connectivity index (χ1v) is 18.8. The van der Waals surface area contributed by atoms with Gasteiger partial charge < -0.3 is 40.5 Å². The van der Waals surface area contributed by atoms with E-state index in [0.717, 1.165) is 38.5 Å². The summed E-state index contributed by atoms with van der Waals surface area (Å²) in [6.45, 7) is 10.1. The van der Waals surface area contributed by atoms with Crippen LogP contribution in [0.1, 0.15) is 110 Å². The fraction of sp³-hybridized carbons (Fsp3) is 0.775. The summed E-state index contributed by atoms with van der Waals surface area (Å²) >= 11 is 0. The van der Waals surface area contributed by atoms with Gasteiger partial charge in [0, 0.05) is 35.7 Å². The molecule has 1 aromatic rings. The second kappa shape index (κ2) is 10.5. The molecule has 1 saturated heterocycles. The Bertz CT molecular complexity index is 1560. The maximum absolute atomic E-state index is 14.7. The van der Waals surface area contributed by atoms with Crippen LogP contribution >= 0.6 is 0 Å². The lowest BCUT2D eigenvalue weighted by atomic mass is 9.37. The lowest BCUT2D eigenvalue weighted by Crippen LogP contribution is -2.69. The third kappa shape index (κ3) is 4.12. The van der Waals surface area contributed by atoms with Crippen molar-refractivity contribution in [1.82, 2.24) is 0 Å². The summed E-state index contributed by atoms with van der Waals surface area (Å²) in [6.07, 6.45) is 4.77. The van der Waals surface area contributed by atoms with Crippen molar-refractivity contribution < 1.29 is 45.3 Å². The number of aliphatic hydroxyl groups excluding tert-OH is 3. The molecular weight excluding hydrogens is 624 g/mol. The van der Waals surface area contributed by atoms with Crippen LogP contribution in [0.5, 0.6) is 11.5 Å². The average Bonchev–Trinajstić information content (AvgIpc) is 3.59. The minimum Gasteiger partial charge on any atom is -0.508 e. The molecule has 9 nitrogen and oxygen atoms in total. The Hall–Kier alpha value is -2.01. The van der Waals surface area contributed by atoms with Crippen LogP contribution in [0.2, 0.25) is 0 Å². The van der Waals surface area contributed by atoms with Crippen molar-refractivity contribution in [2.75, 3.05) is 0 Å². The van der Waals surface area contributed by atoms with E-state index >= 15 is 0 Å². The number of aliphatic hydroxyl groups is 5. The minimum absolute atomic E-state index is 0.0681. The van der Waals surface area contributed by atoms with Crippen molar-refractivity contribution in [3.05, 3.63) is 35.4 Å². The second-order valence-electron chi connectivity index (χ2n) is 18.6. The number of ether oxygens (including phenoxy) is 1. The van der Waals surface area contributed by atoms with Gasteiger partial charge in [-0.25, -0.2) is 0 Å². The maximum Gasteiger partial charge on any atom is 0.160 e. The lowest BCUT2D eigenvalue weighted by molar-refractivity contribution is -0.232. The van der Waals surface area contributed by atoms with E-state index in [0.29, 0.717) is 24.0 Å². The molecule has 6 aliphatic carbocycles. The number of hydrogen-bond donors (Lipinski definition) is 7. The fourth-order valence-electron chi connectivity index (χ4n) is 14.3. The van der Waals surface area contributed by atoms with E-state index in [4.69, 9.17) is 4.74 Å². The number of hydrogen-bond acceptors (Lipinski definition) is 9. The molecule has 9 heteroatoms. The third-order valence-electron chi connectivity index (χ3n) is 16.2. The number of rotatable bonds is 1. The molecule has 1 heterocycles. The Morgan fingerprint density at radius 3 is 2.18 bits per heavy atom. The highest BCUT2D eigenvalue weighted by molar-refractivity contribution is 5.96. The summed E-state index contributed by atoms with van der Waals surface area (Å²) in [6, 6.07) is 4.10. The molecule has 0 unspecified atom stereocenters. The Balaban J connectivity index is 1.28. The van der Waals surface area contributed by atoms with E-state index in [9.17, 15) is 40.5 Å². The van der Waals surface area contributed by atoms with Crippen molar-refractivity contribution in [2.24, 2.45) is 45.8 Å². The molecule has 0 aromatic heterocycles. The maximum atomic E-state index is 14.7. The lowest BCUT2D eigenvalue weighted by Gasteiger charge is -2.67. The van der Waals surface area contributed by atoms with Crippen LogP contribution in [0.4, 0.5) is 0 Å². The molecule has 2 spiro atoms. The summed E-state index contributed by atoms with van der Waals surface area (Å²) in [4.78, 5) is 14.7. The van der Waals surface area contributed by atoms with Gasteiger partial charge in [0.25, 0.3) is 0 Å². The smallest absolute Gasteiger partial charge is 0.160 e. The molecule has 1 aliphatic heterocycles. The van der Waals surface area contributed by atoms with E-state index in [2.05, 4.69) is 13.8 Å². The zero-order valence-corrected chi connectivity index (χ0v) is 29.6. The molecule has 8 rings (SSSR count). The summed E-state index contributed by atoms with van der Waals surface area (Å²) in [5, 5.41) is 82.0. The van der Waals surface area contributed by atoms with Crippen molar-refractivity contribution in [3.8, 4) is 11.5 Å². The van der Waals surface area contributed by atoms with Gasteiger partial charge in [-0.15, -0.1) is 0 Å². The highest BCUT2D eigenvalue weighted by atomic mass is 16.6. The van der Waals surface area contributed by atoms with E-state index in [-0.39, 0.29) is 53.3 Å². The summed E-state index contributed by atoms with van der Waals surface area (Å²) < 4.78 is 6.99. The van der Waals surface area contributed by atoms with E-state index in [1.54, 1.807) is 6.08 Å². The highest BCUT2D eigenvalue weighted by Crippen LogP contribution is 2.78. The normalized spacial score (nSPS) is 53.1. The van der Waals surface area contributed by atoms with E-state index in [1.807, 2.05) is 20.8 Å². The van der Waals surface area contributed by atoms with Gasteiger partial charge in [0.15, 0.2) is 5.78 Å². The summed E-state index contributed by atoms with van der Waals surface area (Å²) in [5.41, 5.74) is -5.11. The van der Waals surface area contributed by atoms with Gasteiger partial charge in [-0.1, -0.05) is 53.4 Å². The monoisotopic (exact) mass is 680 g/mol. The SMILES string of the molecule is C[C@H]1[C@H](C)CCC[C@]2(O[C@H]3C[C@@]4(O)C5=CC(=O)[C@@H]6[C@@H](c7cc(O)cc(O)c7)[C@@H](O)[C@@H](O)C[C@]6(C)[C@H]5C5(CCCC5)C[C@]4(C)[C@H]3[C@@]2(C)O)[C@H]1O. The van der Waals surface area contributed by atoms with Gasteiger partial charge in [-0.05, 0) is 97.0 Å². The molecule has 7 N–H and O–H groups in total. The van der Waals surface area contributed by atoms with Gasteiger partial charge in [-0.2, -0.15) is 0 Å². The molecule has 15 atom stereocenters. The van der Waals surface area contributed by atoms with Crippen LogP contribution < -0.4 is 0 Å². The van der Waals surface area contributed by atoms with Crippen molar-refractivity contribution in [1.29, 1.82) is 0 Å². The first kappa shape index (κ1) is 34.1. The Labute approximate surface area is 289 Å². The van der Waals surface area contributed by atoms with Crippen molar-refractivity contribution in [3.63, 3.8) is 0 Å². The number of allylic oxidation sites excluding steroid dienone is 1. The van der Waals surface area contributed by atoms with Gasteiger partial charge in [0.05, 0.1) is 35.6 Å². The Morgan fingerprint density at radius 1 is 0.878 bits per heavy atom. The number of benzene rings is 1. The van der Waals surface area contributed by atoms with Gasteiger partial charge in [-0.3, -0.25) is 4.79 Å². The minimum atomic E-state index is -1.48. The molecule has 0 bridgehead atoms. The number of ketones is 1. The quantitative estimate of drug-likeness (QED) is 0.226. The van der Waals surface area contributed by atoms with Crippen LogP contribution in [0.25, 0.3) is 0 Å². The second-order valence-corrected chi connectivity index (χ2v) is 18.6. The standard InChI is InChI=1S/C40H56O9/c1-20-9-8-12-40(34(46)21(20)2)37(5,47)33-28(49-40)18-39(48)25-16-26(43)30-29(22-13-23(41)15-24(42)14-22)31(45)27(44)17-35(30,3)32(25)38(10-6-7-11-38)19-36(33,39)4/h13-16,20-21,27-34,41-42,44-48H,6-12,17-19H2,1-5H3/t20-,21+,27+,28+,29-,30-,31+,32+,33+,34+,35+,36-,37-,39-,40+/m1/s1. The molecule has 49 heavy (non-hydrogen) atoms. The van der Waals surface area contributed by atoms with Crippen LogP contribution in [0.3, 0.4) is 0 Å². The Morgan fingerprint density at radius 2 is 1.53 bits per heavy atom. The molecule has 270 valence electrons. The topological polar surface area (TPSA) is 168 Å². The van der Waals surface area contributed by atoms with Crippen molar-refractivity contribution in [2.45, 2.75) is 146 Å². The Kier molecular flexibility index (Phi) is 7.33. The number of carbonyl (C=O) groups excluding carboxylic acids is 1. The van der Waals surface area contributed by atoms with Gasteiger partial charge >= 0.3 is 0 Å². The predicted octanol–water partition coefficient (Wildman–Crippen LogP) is 4.48.